The van der Waals surface area contributed by atoms with Crippen LogP contribution in [0.4, 0.5) is 5.82 Å². The molecule has 0 radical (unpaired) electrons. The molecule has 2 aromatic heterocycles. The largest absolute Gasteiger partial charge is 0.403 e. The van der Waals surface area contributed by atoms with Crippen LogP contribution in [0.5, 0.6) is 0 Å². The van der Waals surface area contributed by atoms with Crippen molar-refractivity contribution in [3.8, 4) is 0 Å². The summed E-state index contributed by atoms with van der Waals surface area (Å²) in [5.74, 6) is 0.835. The van der Waals surface area contributed by atoms with Crippen molar-refractivity contribution in [3.63, 3.8) is 0 Å². The van der Waals surface area contributed by atoms with Crippen LogP contribution in [0.25, 0.3) is 16.8 Å². The smallest absolute Gasteiger partial charge is 0.347 e. The molecule has 3 aliphatic heterocycles. The highest BCUT2D eigenvalue weighted by Crippen LogP contribution is 2.26. The van der Waals surface area contributed by atoms with E-state index >= 15 is 0 Å². The summed E-state index contributed by atoms with van der Waals surface area (Å²) in [6.07, 6.45) is 3.82. The number of hydrogen-bond acceptors (Lipinski definition) is 8. The molecule has 156 valence electrons. The second-order valence-electron chi connectivity index (χ2n) is 8.45. The van der Waals surface area contributed by atoms with E-state index < -0.39 is 5.63 Å². The van der Waals surface area contributed by atoms with Crippen molar-refractivity contribution in [2.24, 2.45) is 4.99 Å². The number of aromatic nitrogens is 1. The first kappa shape index (κ1) is 18.9. The van der Waals surface area contributed by atoms with Gasteiger partial charge < -0.3 is 24.9 Å². The average molecular weight is 406 g/mol. The summed E-state index contributed by atoms with van der Waals surface area (Å²) in [4.78, 5) is 26.2. The van der Waals surface area contributed by atoms with Crippen molar-refractivity contribution in [1.82, 2.24) is 20.5 Å². The maximum absolute atomic E-state index is 12.8. The first-order valence-corrected chi connectivity index (χ1v) is 10.3. The second kappa shape index (κ2) is 6.98. The highest BCUT2D eigenvalue weighted by Gasteiger charge is 2.30. The molecule has 0 saturated carbocycles. The fraction of sp³-hybridized carbons (Fsp3) is 0.409. The van der Waals surface area contributed by atoms with Crippen molar-refractivity contribution in [2.45, 2.75) is 45.9 Å². The minimum atomic E-state index is -0.400. The lowest BCUT2D eigenvalue weighted by Crippen LogP contribution is -2.54. The van der Waals surface area contributed by atoms with Crippen LogP contribution < -0.4 is 21.2 Å². The highest BCUT2D eigenvalue weighted by atomic mass is 16.4. The van der Waals surface area contributed by atoms with Gasteiger partial charge in [0.05, 0.1) is 22.7 Å². The number of anilines is 1. The van der Waals surface area contributed by atoms with Gasteiger partial charge in [-0.1, -0.05) is 0 Å². The Morgan fingerprint density at radius 1 is 1.13 bits per heavy atom. The summed E-state index contributed by atoms with van der Waals surface area (Å²) < 4.78 is 5.64. The Balaban J connectivity index is 1.48. The predicted molar refractivity (Wildman–Crippen MR) is 118 cm³/mol. The summed E-state index contributed by atoms with van der Waals surface area (Å²) >= 11 is 0. The van der Waals surface area contributed by atoms with Crippen LogP contribution in [0, 0.1) is 0 Å². The molecule has 1 unspecified atom stereocenters. The zero-order valence-corrected chi connectivity index (χ0v) is 17.6. The number of nitrogens with one attached hydrogen (secondary N) is 2. The number of rotatable bonds is 2. The molecule has 0 aliphatic carbocycles. The molecule has 8 heteroatoms. The molecule has 30 heavy (non-hydrogen) atoms. The third-order valence-electron chi connectivity index (χ3n) is 5.71. The van der Waals surface area contributed by atoms with E-state index in [2.05, 4.69) is 39.4 Å². The number of nitrogens with zero attached hydrogens (tertiary/aromatic N) is 4. The van der Waals surface area contributed by atoms with Gasteiger partial charge in [-0.2, -0.15) is 4.98 Å². The molecule has 5 heterocycles. The maximum Gasteiger partial charge on any atom is 0.347 e. The predicted octanol–water partition coefficient (Wildman–Crippen LogP) is 2.24. The molecule has 3 atom stereocenters. The number of hydrogen-bond donors (Lipinski definition) is 2. The summed E-state index contributed by atoms with van der Waals surface area (Å²) in [5.41, 5.74) is 3.08. The molecular formula is C22H26N6O2. The van der Waals surface area contributed by atoms with E-state index in [1.165, 1.54) is 0 Å². The summed E-state index contributed by atoms with van der Waals surface area (Å²) in [6, 6.07) is 6.58. The zero-order valence-electron chi connectivity index (χ0n) is 17.6. The lowest BCUT2D eigenvalue weighted by atomic mass is 10.1. The molecule has 2 N–H and O–H groups in total. The van der Waals surface area contributed by atoms with Crippen molar-refractivity contribution in [2.75, 3.05) is 18.0 Å². The maximum atomic E-state index is 12.8. The number of allylic oxidation sites excluding steroid dienone is 1. The second-order valence-corrected chi connectivity index (χ2v) is 8.45. The minimum Gasteiger partial charge on any atom is -0.403 e. The van der Waals surface area contributed by atoms with Crippen molar-refractivity contribution in [3.05, 3.63) is 52.3 Å². The molecule has 0 bridgehead atoms. The van der Waals surface area contributed by atoms with Gasteiger partial charge in [0, 0.05) is 43.0 Å². The first-order valence-electron chi connectivity index (χ1n) is 10.3. The Kier molecular flexibility index (Phi) is 4.39. The zero-order chi connectivity index (χ0) is 21.0. The number of fused-ring (bicyclic) bond motifs is 2. The van der Waals surface area contributed by atoms with Crippen LogP contribution in [-0.4, -0.2) is 46.9 Å². The first-order chi connectivity index (χ1) is 14.4. The van der Waals surface area contributed by atoms with E-state index in [0.717, 1.165) is 41.4 Å². The minimum absolute atomic E-state index is 0.0732. The van der Waals surface area contributed by atoms with Crippen LogP contribution in [0.1, 0.15) is 33.3 Å². The highest BCUT2D eigenvalue weighted by molar-refractivity contribution is 5.92. The lowest BCUT2D eigenvalue weighted by molar-refractivity contribution is 0.405. The molecular weight excluding hydrogens is 380 g/mol. The van der Waals surface area contributed by atoms with Crippen molar-refractivity contribution in [1.29, 1.82) is 0 Å². The van der Waals surface area contributed by atoms with Gasteiger partial charge in [-0.3, -0.25) is 4.99 Å². The Labute approximate surface area is 175 Å². The van der Waals surface area contributed by atoms with E-state index in [9.17, 15) is 4.79 Å². The topological polar surface area (TPSA) is 86.0 Å². The molecule has 1 fully saturated rings. The number of piperazine rings is 1. The van der Waals surface area contributed by atoms with E-state index in [-0.39, 0.29) is 6.17 Å². The number of pyridine rings is 1. The molecule has 3 aliphatic rings. The molecule has 0 aromatic carbocycles. The SMILES string of the molecule is CC1=CN2C=C(c3cc4ccc(N5C[C@@H](C)N[C@@H](C)C5)nc4oc3=O)NC2C(C)=N1. The molecule has 0 amide bonds. The Morgan fingerprint density at radius 3 is 2.67 bits per heavy atom. The van der Waals surface area contributed by atoms with E-state index in [4.69, 9.17) is 4.42 Å². The fourth-order valence-corrected chi connectivity index (χ4v) is 4.51. The number of aliphatic imine (C=N–C) groups is 1. The van der Waals surface area contributed by atoms with Crippen LogP contribution >= 0.6 is 0 Å². The van der Waals surface area contributed by atoms with Gasteiger partial charge in [-0.25, -0.2) is 4.79 Å². The van der Waals surface area contributed by atoms with Gasteiger partial charge in [-0.15, -0.1) is 0 Å². The Bertz CT molecular complexity index is 1150. The third-order valence-corrected chi connectivity index (χ3v) is 5.71. The van der Waals surface area contributed by atoms with Crippen molar-refractivity contribution >= 4 is 28.3 Å². The van der Waals surface area contributed by atoms with E-state index in [0.29, 0.717) is 23.4 Å². The Hall–Kier alpha value is -3.13. The lowest BCUT2D eigenvalue weighted by Gasteiger charge is -2.36. The summed E-state index contributed by atoms with van der Waals surface area (Å²) in [5, 5.41) is 7.69. The molecule has 0 spiro atoms. The van der Waals surface area contributed by atoms with E-state index in [1.807, 2.05) is 49.3 Å². The van der Waals surface area contributed by atoms with Crippen LogP contribution in [0.3, 0.4) is 0 Å². The third kappa shape index (κ3) is 3.27. The summed E-state index contributed by atoms with van der Waals surface area (Å²) in [6.45, 7) is 9.99. The van der Waals surface area contributed by atoms with Gasteiger partial charge in [-0.05, 0) is 45.9 Å². The van der Waals surface area contributed by atoms with E-state index in [1.54, 1.807) is 0 Å². The standard InChI is InChI=1S/C22H26N6O2/c1-12-8-27(9-13(2)23-12)19-6-5-16-7-17(22(29)30-21(16)26-19)18-11-28-10-14(3)24-15(4)20(28)25-18/h5-7,10-13,20,23,25H,8-9H2,1-4H3/t12-,13+,20?. The van der Waals surface area contributed by atoms with Crippen LogP contribution in [0.15, 0.2) is 50.5 Å². The van der Waals surface area contributed by atoms with Gasteiger partial charge in [0.15, 0.2) is 0 Å². The van der Waals surface area contributed by atoms with Gasteiger partial charge >= 0.3 is 5.63 Å². The fourth-order valence-electron chi connectivity index (χ4n) is 4.51. The van der Waals surface area contributed by atoms with Gasteiger partial charge in [0.1, 0.15) is 12.0 Å². The van der Waals surface area contributed by atoms with Gasteiger partial charge in [0.2, 0.25) is 5.71 Å². The van der Waals surface area contributed by atoms with Crippen LogP contribution in [0.2, 0.25) is 0 Å². The monoisotopic (exact) mass is 406 g/mol. The van der Waals surface area contributed by atoms with Gasteiger partial charge in [0.25, 0.3) is 0 Å². The summed E-state index contributed by atoms with van der Waals surface area (Å²) in [7, 11) is 0. The normalized spacial score (nSPS) is 26.1. The molecule has 2 aromatic rings. The molecule has 1 saturated heterocycles. The Morgan fingerprint density at radius 2 is 1.90 bits per heavy atom. The van der Waals surface area contributed by atoms with Crippen LogP contribution in [-0.2, 0) is 0 Å². The van der Waals surface area contributed by atoms with Crippen molar-refractivity contribution < 1.29 is 4.42 Å². The molecule has 5 rings (SSSR count). The quantitative estimate of drug-likeness (QED) is 0.791. The molecule has 8 nitrogen and oxygen atoms in total. The average Bonchev–Trinajstić information content (AvgIpc) is 3.10.